The molecule has 1 aliphatic heterocycles. The molecule has 0 amide bonds. The van der Waals surface area contributed by atoms with Crippen molar-refractivity contribution in [3.05, 3.63) is 45.0 Å². The molecule has 3 rings (SSSR count). The van der Waals surface area contributed by atoms with Crippen LogP contribution in [-0.4, -0.2) is 26.2 Å². The molecule has 5 heteroatoms. The molecule has 160 valence electrons. The Labute approximate surface area is 177 Å². The molecule has 0 saturated heterocycles. The first-order valence-corrected chi connectivity index (χ1v) is 13.8. The molecule has 1 N–H and O–H groups in total. The zero-order valence-electron chi connectivity index (χ0n) is 19.0. The fourth-order valence-electron chi connectivity index (χ4n) is 4.93. The molecule has 4 nitrogen and oxygen atoms in total. The molecule has 0 aromatic heterocycles. The third-order valence-corrected chi connectivity index (χ3v) is 6.89. The van der Waals surface area contributed by atoms with Gasteiger partial charge in [0, 0.05) is 12.0 Å². The highest BCUT2D eigenvalue weighted by Crippen LogP contribution is 2.45. The molecular weight excluding hydrogens is 380 g/mol. The molecule has 2 aliphatic rings. The van der Waals surface area contributed by atoms with Crippen LogP contribution in [0.2, 0.25) is 13.1 Å². The predicted molar refractivity (Wildman–Crippen MR) is 119 cm³/mol. The summed E-state index contributed by atoms with van der Waals surface area (Å²) in [6.07, 6.45) is 5.63. The van der Waals surface area contributed by atoms with Crippen molar-refractivity contribution in [1.82, 2.24) is 0 Å². The number of allylic oxidation sites excluding steroid dienone is 1. The Morgan fingerprint density at radius 2 is 2.00 bits per heavy atom. The largest absolute Gasteiger partial charge is 0.429 e. The van der Waals surface area contributed by atoms with Crippen molar-refractivity contribution in [2.24, 2.45) is 0 Å². The first-order valence-electron chi connectivity index (χ1n) is 11.0. The van der Waals surface area contributed by atoms with Gasteiger partial charge in [0.2, 0.25) is 6.29 Å². The highest BCUT2D eigenvalue weighted by molar-refractivity contribution is 6.48. The monoisotopic (exact) mass is 416 g/mol. The number of carbonyl (C=O) groups excluding carboxylic acids is 1. The normalized spacial score (nSPS) is 20.1. The number of hydrogen-bond acceptors (Lipinski definition) is 4. The number of benzene rings is 1. The van der Waals surface area contributed by atoms with E-state index in [-0.39, 0.29) is 11.4 Å². The molecule has 1 aliphatic carbocycles. The summed E-state index contributed by atoms with van der Waals surface area (Å²) in [5.74, 6) is -0.286. The second-order valence-electron chi connectivity index (χ2n) is 9.66. The van der Waals surface area contributed by atoms with Gasteiger partial charge in [0.05, 0.1) is 11.7 Å². The van der Waals surface area contributed by atoms with E-state index < -0.39 is 21.4 Å². The lowest BCUT2D eigenvalue weighted by molar-refractivity contribution is -0.0398. The summed E-state index contributed by atoms with van der Waals surface area (Å²) in [5, 5.41) is 11.0. The Bertz CT molecular complexity index is 833. The number of fused-ring (bicyclic) bond motifs is 1. The van der Waals surface area contributed by atoms with Crippen LogP contribution in [0.5, 0.6) is 0 Å². The van der Waals surface area contributed by atoms with Crippen molar-refractivity contribution < 1.29 is 19.1 Å². The topological polar surface area (TPSA) is 55.8 Å². The van der Waals surface area contributed by atoms with Gasteiger partial charge in [-0.05, 0) is 78.9 Å². The van der Waals surface area contributed by atoms with Crippen molar-refractivity contribution >= 4 is 15.0 Å². The van der Waals surface area contributed by atoms with E-state index >= 15 is 0 Å². The number of aliphatic hydroxyl groups excluding tert-OH is 1. The predicted octanol–water partition coefficient (Wildman–Crippen LogP) is 5.04. The Morgan fingerprint density at radius 3 is 2.52 bits per heavy atom. The molecule has 2 atom stereocenters. The minimum absolute atomic E-state index is 0.246. The summed E-state index contributed by atoms with van der Waals surface area (Å²) in [7, 11) is -1.39. The number of cyclic esters (lactones) is 1. The van der Waals surface area contributed by atoms with E-state index in [2.05, 4.69) is 53.8 Å². The first-order chi connectivity index (χ1) is 13.6. The molecule has 1 heterocycles. The molecule has 29 heavy (non-hydrogen) atoms. The second-order valence-corrected chi connectivity index (χ2v) is 12.0. The van der Waals surface area contributed by atoms with Gasteiger partial charge in [-0.3, -0.25) is 0 Å². The van der Waals surface area contributed by atoms with Gasteiger partial charge >= 0.3 is 5.97 Å². The molecule has 1 unspecified atom stereocenters. The summed E-state index contributed by atoms with van der Waals surface area (Å²) in [4.78, 5) is 13.0. The van der Waals surface area contributed by atoms with E-state index in [9.17, 15) is 9.90 Å². The SMILES string of the molecule is CCc1c(C)c2c(c(C(C)(C)C)c1C[C@H](O)C1=CCCC1)C(=O)OC2O[SiH](C)C. The number of esters is 1. The zero-order chi connectivity index (χ0) is 21.5. The van der Waals surface area contributed by atoms with Crippen LogP contribution in [0.15, 0.2) is 11.6 Å². The Kier molecular flexibility index (Phi) is 6.42. The van der Waals surface area contributed by atoms with E-state index in [0.717, 1.165) is 53.5 Å². The molecule has 1 aromatic rings. The molecular formula is C24H36O4Si. The maximum atomic E-state index is 13.0. The summed E-state index contributed by atoms with van der Waals surface area (Å²) < 4.78 is 11.8. The molecule has 0 saturated carbocycles. The summed E-state index contributed by atoms with van der Waals surface area (Å²) >= 11 is 0. The number of rotatable bonds is 6. The zero-order valence-corrected chi connectivity index (χ0v) is 20.2. The lowest BCUT2D eigenvalue weighted by Crippen LogP contribution is -2.25. The van der Waals surface area contributed by atoms with E-state index in [1.165, 1.54) is 5.56 Å². The molecule has 0 radical (unpaired) electrons. The fraction of sp³-hybridized carbons (Fsp3) is 0.625. The van der Waals surface area contributed by atoms with Crippen LogP contribution in [0, 0.1) is 6.92 Å². The van der Waals surface area contributed by atoms with Gasteiger partial charge in [-0.2, -0.15) is 0 Å². The minimum atomic E-state index is -1.39. The maximum absolute atomic E-state index is 13.0. The van der Waals surface area contributed by atoms with E-state index in [1.54, 1.807) is 0 Å². The van der Waals surface area contributed by atoms with Crippen LogP contribution < -0.4 is 0 Å². The van der Waals surface area contributed by atoms with Crippen molar-refractivity contribution in [2.45, 2.75) is 97.6 Å². The highest BCUT2D eigenvalue weighted by atomic mass is 28.3. The second kappa shape index (κ2) is 8.36. The van der Waals surface area contributed by atoms with Crippen LogP contribution in [0.3, 0.4) is 0 Å². The molecule has 1 aromatic carbocycles. The van der Waals surface area contributed by atoms with Crippen molar-refractivity contribution in [2.75, 3.05) is 0 Å². The van der Waals surface area contributed by atoms with Gasteiger partial charge in [0.15, 0.2) is 9.04 Å². The van der Waals surface area contributed by atoms with Gasteiger partial charge < -0.3 is 14.3 Å². The Balaban J connectivity index is 2.22. The number of carbonyl (C=O) groups is 1. The third kappa shape index (κ3) is 4.23. The maximum Gasteiger partial charge on any atom is 0.341 e. The van der Waals surface area contributed by atoms with Gasteiger partial charge in [-0.1, -0.05) is 33.8 Å². The molecule has 0 fully saturated rings. The summed E-state index contributed by atoms with van der Waals surface area (Å²) in [5.41, 5.74) is 6.94. The average Bonchev–Trinajstić information content (AvgIpc) is 3.23. The lowest BCUT2D eigenvalue weighted by Gasteiger charge is -2.30. The smallest absolute Gasteiger partial charge is 0.341 e. The number of ether oxygens (including phenoxy) is 1. The standard InChI is InChI=1S/C24H36O4Si/c1-8-16-14(2)19-20(22(26)27-23(19)28-29(6)7)21(24(3,4)5)17(16)13-18(25)15-11-9-10-12-15/h11,18,23,25,29H,8-10,12-13H2,1-7H3/t18-,23?/m0/s1. The van der Waals surface area contributed by atoms with Crippen LogP contribution in [-0.2, 0) is 27.4 Å². The van der Waals surface area contributed by atoms with Gasteiger partial charge in [-0.15, -0.1) is 0 Å². The minimum Gasteiger partial charge on any atom is -0.429 e. The first kappa shape index (κ1) is 22.3. The fourth-order valence-corrected chi connectivity index (χ4v) is 5.62. The highest BCUT2D eigenvalue weighted by Gasteiger charge is 2.41. The third-order valence-electron chi connectivity index (χ3n) is 6.10. The van der Waals surface area contributed by atoms with E-state index in [4.69, 9.17) is 9.16 Å². The number of hydrogen-bond donors (Lipinski definition) is 1. The van der Waals surface area contributed by atoms with Crippen LogP contribution in [0.25, 0.3) is 0 Å². The van der Waals surface area contributed by atoms with E-state index in [0.29, 0.717) is 12.0 Å². The van der Waals surface area contributed by atoms with Crippen molar-refractivity contribution in [3.8, 4) is 0 Å². The Morgan fingerprint density at radius 1 is 1.31 bits per heavy atom. The van der Waals surface area contributed by atoms with Crippen molar-refractivity contribution in [1.29, 1.82) is 0 Å². The van der Waals surface area contributed by atoms with Gasteiger partial charge in [-0.25, -0.2) is 4.79 Å². The average molecular weight is 417 g/mol. The van der Waals surface area contributed by atoms with Crippen molar-refractivity contribution in [3.63, 3.8) is 0 Å². The van der Waals surface area contributed by atoms with Gasteiger partial charge in [0.25, 0.3) is 0 Å². The summed E-state index contributed by atoms with van der Waals surface area (Å²) in [6, 6.07) is 0. The van der Waals surface area contributed by atoms with Gasteiger partial charge in [0.1, 0.15) is 0 Å². The molecule has 0 spiro atoms. The lowest BCUT2D eigenvalue weighted by atomic mass is 9.74. The Hall–Kier alpha value is -1.43. The van der Waals surface area contributed by atoms with E-state index in [1.807, 2.05) is 0 Å². The van der Waals surface area contributed by atoms with Crippen LogP contribution >= 0.6 is 0 Å². The quantitative estimate of drug-likeness (QED) is 0.401. The van der Waals surface area contributed by atoms with Crippen LogP contribution in [0.1, 0.15) is 91.4 Å². The molecule has 0 bridgehead atoms. The summed E-state index contributed by atoms with van der Waals surface area (Å²) in [6.45, 7) is 14.8. The van der Waals surface area contributed by atoms with Crippen LogP contribution in [0.4, 0.5) is 0 Å². The number of aliphatic hydroxyl groups is 1.